The van der Waals surface area contributed by atoms with Crippen molar-refractivity contribution >= 4 is 11.6 Å². The number of hydrogen-bond donors (Lipinski definition) is 0. The van der Waals surface area contributed by atoms with Crippen molar-refractivity contribution in [2.75, 3.05) is 19.5 Å². The average Bonchev–Trinajstić information content (AvgIpc) is 1.97. The molecule has 1 unspecified atom stereocenters. The molecule has 0 heterocycles. The number of hydrogen-bond acceptors (Lipinski definition) is 1. The Morgan fingerprint density at radius 1 is 1.42 bits per heavy atom. The predicted octanol–water partition coefficient (Wildman–Crippen LogP) is 2.50. The van der Waals surface area contributed by atoms with Crippen LogP contribution >= 0.6 is 11.6 Å². The van der Waals surface area contributed by atoms with Gasteiger partial charge < -0.3 is 4.90 Å². The van der Waals surface area contributed by atoms with Crippen molar-refractivity contribution < 1.29 is 13.2 Å². The van der Waals surface area contributed by atoms with E-state index in [9.17, 15) is 13.2 Å². The molecule has 0 saturated carbocycles. The molecule has 0 aliphatic carbocycles. The number of halogens is 4. The van der Waals surface area contributed by atoms with Gasteiger partial charge in [0, 0.05) is 18.5 Å². The quantitative estimate of drug-likeness (QED) is 0.635. The van der Waals surface area contributed by atoms with Crippen LogP contribution in [0.1, 0.15) is 13.3 Å². The van der Waals surface area contributed by atoms with Crippen molar-refractivity contribution in [3.8, 4) is 0 Å². The molecule has 1 nitrogen and oxygen atoms in total. The van der Waals surface area contributed by atoms with E-state index >= 15 is 0 Å². The van der Waals surface area contributed by atoms with Gasteiger partial charge in [-0.2, -0.15) is 13.2 Å². The van der Waals surface area contributed by atoms with E-state index in [1.54, 1.807) is 18.9 Å². The molecule has 0 aliphatic rings. The lowest BCUT2D eigenvalue weighted by Gasteiger charge is -2.22. The fraction of sp³-hybridized carbons (Fsp3) is 1.00. The molecule has 0 aromatic heterocycles. The summed E-state index contributed by atoms with van der Waals surface area (Å²) >= 11 is 5.47. The van der Waals surface area contributed by atoms with E-state index in [0.29, 0.717) is 5.88 Å². The van der Waals surface area contributed by atoms with Crippen molar-refractivity contribution in [3.05, 3.63) is 0 Å². The normalized spacial score (nSPS) is 15.2. The molecule has 0 rings (SSSR count). The molecule has 74 valence electrons. The Balaban J connectivity index is 3.64. The molecule has 0 aliphatic heterocycles. The topological polar surface area (TPSA) is 3.24 Å². The summed E-state index contributed by atoms with van der Waals surface area (Å²) in [5.74, 6) is 0.356. The third-order valence-electron chi connectivity index (χ3n) is 1.72. The molecule has 0 aromatic rings. The highest BCUT2D eigenvalue weighted by Crippen LogP contribution is 2.19. The fourth-order valence-corrected chi connectivity index (χ4v) is 0.877. The minimum Gasteiger partial charge on any atom is -0.302 e. The van der Waals surface area contributed by atoms with Crippen LogP contribution in [0.4, 0.5) is 13.2 Å². The maximum Gasteiger partial charge on any atom is 0.390 e. The third-order valence-corrected chi connectivity index (χ3v) is 2.17. The molecule has 0 saturated heterocycles. The molecule has 12 heavy (non-hydrogen) atoms. The first-order chi connectivity index (χ1) is 5.37. The maximum atomic E-state index is 11.7. The van der Waals surface area contributed by atoms with E-state index in [1.807, 2.05) is 0 Å². The monoisotopic (exact) mass is 203 g/mol. The zero-order chi connectivity index (χ0) is 9.78. The van der Waals surface area contributed by atoms with Crippen LogP contribution in [0.5, 0.6) is 0 Å². The van der Waals surface area contributed by atoms with Crippen molar-refractivity contribution in [1.29, 1.82) is 0 Å². The molecule has 0 spiro atoms. The Morgan fingerprint density at radius 2 is 1.92 bits per heavy atom. The number of nitrogens with zero attached hydrogens (tertiary/aromatic N) is 1. The van der Waals surface area contributed by atoms with E-state index in [0.717, 1.165) is 0 Å². The highest BCUT2D eigenvalue weighted by molar-refractivity contribution is 6.18. The van der Waals surface area contributed by atoms with Crippen molar-refractivity contribution in [1.82, 2.24) is 4.90 Å². The third kappa shape index (κ3) is 5.66. The molecule has 0 fully saturated rings. The van der Waals surface area contributed by atoms with E-state index in [-0.39, 0.29) is 12.6 Å². The minimum atomic E-state index is -4.07. The van der Waals surface area contributed by atoms with Gasteiger partial charge in [-0.1, -0.05) is 0 Å². The van der Waals surface area contributed by atoms with Crippen LogP contribution in [0.15, 0.2) is 0 Å². The Labute approximate surface area is 75.5 Å². The Kier molecular flexibility index (Phi) is 4.94. The van der Waals surface area contributed by atoms with Gasteiger partial charge in [-0.05, 0) is 14.0 Å². The van der Waals surface area contributed by atoms with Gasteiger partial charge in [0.25, 0.3) is 0 Å². The van der Waals surface area contributed by atoms with E-state index in [4.69, 9.17) is 11.6 Å². The molecule has 0 N–H and O–H groups in total. The average molecular weight is 204 g/mol. The number of alkyl halides is 4. The second kappa shape index (κ2) is 4.92. The van der Waals surface area contributed by atoms with Gasteiger partial charge in [0.05, 0.1) is 6.42 Å². The van der Waals surface area contributed by atoms with E-state index in [1.165, 1.54) is 0 Å². The first kappa shape index (κ1) is 12.0. The lowest BCUT2D eigenvalue weighted by Crippen LogP contribution is -2.33. The van der Waals surface area contributed by atoms with Crippen LogP contribution < -0.4 is 0 Å². The van der Waals surface area contributed by atoms with Gasteiger partial charge in [-0.15, -0.1) is 11.6 Å². The van der Waals surface area contributed by atoms with Crippen LogP contribution in [-0.4, -0.2) is 36.6 Å². The van der Waals surface area contributed by atoms with Gasteiger partial charge >= 0.3 is 6.18 Å². The first-order valence-electron chi connectivity index (χ1n) is 3.70. The fourth-order valence-electron chi connectivity index (χ4n) is 0.641. The molecule has 0 radical (unpaired) electrons. The summed E-state index contributed by atoms with van der Waals surface area (Å²) in [7, 11) is 1.64. The zero-order valence-electron chi connectivity index (χ0n) is 7.16. The molecular weight excluding hydrogens is 191 g/mol. The van der Waals surface area contributed by atoms with Crippen LogP contribution in [0, 0.1) is 0 Å². The summed E-state index contributed by atoms with van der Waals surface area (Å²) < 4.78 is 35.2. The van der Waals surface area contributed by atoms with Gasteiger partial charge in [0.1, 0.15) is 0 Å². The summed E-state index contributed by atoms with van der Waals surface area (Å²) in [4.78, 5) is 1.60. The second-order valence-electron chi connectivity index (χ2n) is 2.85. The maximum absolute atomic E-state index is 11.7. The number of rotatable bonds is 4. The summed E-state index contributed by atoms with van der Waals surface area (Å²) in [5.41, 5.74) is 0. The highest BCUT2D eigenvalue weighted by atomic mass is 35.5. The summed E-state index contributed by atoms with van der Waals surface area (Å²) in [6, 6.07) is -0.00554. The lowest BCUT2D eigenvalue weighted by atomic mass is 10.3. The molecule has 0 bridgehead atoms. The van der Waals surface area contributed by atoms with Crippen LogP contribution in [0.3, 0.4) is 0 Å². The van der Waals surface area contributed by atoms with Gasteiger partial charge in [-0.25, -0.2) is 0 Å². The largest absolute Gasteiger partial charge is 0.390 e. The molecule has 5 heteroatoms. The van der Waals surface area contributed by atoms with Crippen LogP contribution in [0.2, 0.25) is 0 Å². The smallest absolute Gasteiger partial charge is 0.302 e. The highest BCUT2D eigenvalue weighted by Gasteiger charge is 2.27. The Bertz CT molecular complexity index is 126. The molecule has 1 atom stereocenters. The summed E-state index contributed by atoms with van der Waals surface area (Å²) in [6.45, 7) is 1.81. The van der Waals surface area contributed by atoms with Crippen molar-refractivity contribution in [2.24, 2.45) is 0 Å². The second-order valence-corrected chi connectivity index (χ2v) is 3.16. The standard InChI is InChI=1S/C7H13ClF3N/c1-6(5-8)12(2)4-3-7(9,10)11/h6H,3-5H2,1-2H3. The summed E-state index contributed by atoms with van der Waals surface area (Å²) in [6.07, 6.45) is -4.84. The first-order valence-corrected chi connectivity index (χ1v) is 4.23. The van der Waals surface area contributed by atoms with Gasteiger partial charge in [0.15, 0.2) is 0 Å². The lowest BCUT2D eigenvalue weighted by molar-refractivity contribution is -0.137. The minimum absolute atomic E-state index is 0.00554. The molecule has 0 aromatic carbocycles. The van der Waals surface area contributed by atoms with Crippen molar-refractivity contribution in [2.45, 2.75) is 25.6 Å². The van der Waals surface area contributed by atoms with Crippen LogP contribution in [0.25, 0.3) is 0 Å². The van der Waals surface area contributed by atoms with Crippen molar-refractivity contribution in [3.63, 3.8) is 0 Å². The van der Waals surface area contributed by atoms with E-state index in [2.05, 4.69) is 0 Å². The molecule has 0 amide bonds. The predicted molar refractivity (Wildman–Crippen MR) is 43.5 cm³/mol. The van der Waals surface area contributed by atoms with Crippen LogP contribution in [-0.2, 0) is 0 Å². The Morgan fingerprint density at radius 3 is 2.25 bits per heavy atom. The summed E-state index contributed by atoms with van der Waals surface area (Å²) in [5, 5.41) is 0. The SMILES string of the molecule is CC(CCl)N(C)CCC(F)(F)F. The van der Waals surface area contributed by atoms with Gasteiger partial charge in [0.2, 0.25) is 0 Å². The van der Waals surface area contributed by atoms with Gasteiger partial charge in [-0.3, -0.25) is 0 Å². The Hall–Kier alpha value is 0.0400. The molecular formula is C7H13ClF3N. The van der Waals surface area contributed by atoms with E-state index < -0.39 is 12.6 Å². The zero-order valence-corrected chi connectivity index (χ0v) is 7.91.